The Hall–Kier alpha value is -2.17. The molecule has 0 saturated heterocycles. The Kier molecular flexibility index (Phi) is 4.51. The maximum absolute atomic E-state index is 6.17. The van der Waals surface area contributed by atoms with Crippen LogP contribution in [-0.4, -0.2) is 9.97 Å². The summed E-state index contributed by atoms with van der Waals surface area (Å²) in [6.07, 6.45) is 5.28. The zero-order chi connectivity index (χ0) is 15.4. The van der Waals surface area contributed by atoms with Gasteiger partial charge in [-0.25, -0.2) is 4.98 Å². The molecule has 0 bridgehead atoms. The van der Waals surface area contributed by atoms with E-state index >= 15 is 0 Å². The van der Waals surface area contributed by atoms with Gasteiger partial charge in [0.25, 0.3) is 0 Å². The molecule has 3 rings (SSSR count). The monoisotopic (exact) mass is 313 g/mol. The first-order chi connectivity index (χ1) is 10.7. The lowest BCUT2D eigenvalue weighted by molar-refractivity contribution is 0.454. The second-order valence-electron chi connectivity index (χ2n) is 4.98. The summed E-state index contributed by atoms with van der Waals surface area (Å²) in [5.41, 5.74) is 2.03. The van der Waals surface area contributed by atoms with E-state index in [4.69, 9.17) is 16.0 Å². The molecule has 2 aromatic heterocycles. The molecular formula is C17H16ClN3O. The quantitative estimate of drug-likeness (QED) is 0.765. The van der Waals surface area contributed by atoms with Crippen molar-refractivity contribution in [3.05, 3.63) is 71.5 Å². The molecule has 4 nitrogen and oxygen atoms in total. The van der Waals surface area contributed by atoms with E-state index < -0.39 is 0 Å². The van der Waals surface area contributed by atoms with Crippen LogP contribution in [0.4, 0.5) is 0 Å². The number of halogens is 1. The Labute approximate surface area is 134 Å². The first kappa shape index (κ1) is 14.8. The standard InChI is InChI=1S/C17H16ClN3O/c1-12(13-6-8-19-9-7-13)20-11-17-21-10-16(22-17)14-4-2-3-5-15(14)18/h2-10,12,20H,11H2,1H3/t12-/m0/s1. The molecule has 1 aromatic carbocycles. The lowest BCUT2D eigenvalue weighted by Gasteiger charge is -2.12. The van der Waals surface area contributed by atoms with Crippen molar-refractivity contribution in [1.82, 2.24) is 15.3 Å². The zero-order valence-electron chi connectivity index (χ0n) is 12.2. The van der Waals surface area contributed by atoms with Crippen LogP contribution in [0.3, 0.4) is 0 Å². The van der Waals surface area contributed by atoms with Gasteiger partial charge in [0, 0.05) is 24.0 Å². The van der Waals surface area contributed by atoms with E-state index in [2.05, 4.69) is 22.2 Å². The van der Waals surface area contributed by atoms with Gasteiger partial charge in [0.1, 0.15) is 0 Å². The van der Waals surface area contributed by atoms with Gasteiger partial charge in [-0.1, -0.05) is 23.7 Å². The first-order valence-corrected chi connectivity index (χ1v) is 7.45. The van der Waals surface area contributed by atoms with Crippen molar-refractivity contribution in [1.29, 1.82) is 0 Å². The average molecular weight is 314 g/mol. The molecule has 0 spiro atoms. The lowest BCUT2D eigenvalue weighted by Crippen LogP contribution is -2.18. The van der Waals surface area contributed by atoms with Gasteiger partial charge in [-0.2, -0.15) is 0 Å². The van der Waals surface area contributed by atoms with E-state index in [1.165, 1.54) is 5.56 Å². The molecule has 112 valence electrons. The summed E-state index contributed by atoms with van der Waals surface area (Å²) >= 11 is 6.17. The Morgan fingerprint density at radius 2 is 1.95 bits per heavy atom. The summed E-state index contributed by atoms with van der Waals surface area (Å²) in [5.74, 6) is 1.31. The smallest absolute Gasteiger partial charge is 0.208 e. The van der Waals surface area contributed by atoms with Crippen molar-refractivity contribution >= 4 is 11.6 Å². The normalized spacial score (nSPS) is 12.3. The number of aromatic nitrogens is 2. The van der Waals surface area contributed by atoms with Crippen molar-refractivity contribution in [3.8, 4) is 11.3 Å². The van der Waals surface area contributed by atoms with Crippen LogP contribution in [0.15, 0.2) is 59.4 Å². The predicted octanol–water partition coefficient (Wildman–Crippen LogP) is 4.24. The topological polar surface area (TPSA) is 51.0 Å². The summed E-state index contributed by atoms with van der Waals surface area (Å²) in [7, 11) is 0. The second-order valence-corrected chi connectivity index (χ2v) is 5.39. The Balaban J connectivity index is 1.67. The van der Waals surface area contributed by atoms with Crippen molar-refractivity contribution in [3.63, 3.8) is 0 Å². The van der Waals surface area contributed by atoms with Crippen molar-refractivity contribution in [2.75, 3.05) is 0 Å². The second kappa shape index (κ2) is 6.73. The molecule has 1 N–H and O–H groups in total. The van der Waals surface area contributed by atoms with Gasteiger partial charge in [0.05, 0.1) is 17.8 Å². The highest BCUT2D eigenvalue weighted by Gasteiger charge is 2.11. The van der Waals surface area contributed by atoms with Crippen LogP contribution in [0.5, 0.6) is 0 Å². The summed E-state index contributed by atoms with van der Waals surface area (Å²) in [6.45, 7) is 2.64. The van der Waals surface area contributed by atoms with Crippen molar-refractivity contribution in [2.24, 2.45) is 0 Å². The number of nitrogens with one attached hydrogen (secondary N) is 1. The van der Waals surface area contributed by atoms with Gasteiger partial charge in [0.15, 0.2) is 5.76 Å². The van der Waals surface area contributed by atoms with E-state index in [-0.39, 0.29) is 6.04 Å². The Bertz CT molecular complexity index is 742. The van der Waals surface area contributed by atoms with Crippen LogP contribution in [-0.2, 0) is 6.54 Å². The number of hydrogen-bond donors (Lipinski definition) is 1. The van der Waals surface area contributed by atoms with Gasteiger partial charge in [-0.05, 0) is 36.8 Å². The molecule has 0 fully saturated rings. The molecule has 0 unspecified atom stereocenters. The third kappa shape index (κ3) is 3.35. The average Bonchev–Trinajstić information content (AvgIpc) is 3.02. The van der Waals surface area contributed by atoms with Crippen LogP contribution in [0, 0.1) is 0 Å². The highest BCUT2D eigenvalue weighted by Crippen LogP contribution is 2.28. The number of oxazole rings is 1. The zero-order valence-corrected chi connectivity index (χ0v) is 12.9. The molecule has 0 saturated carbocycles. The molecule has 2 heterocycles. The third-order valence-electron chi connectivity index (χ3n) is 3.46. The Morgan fingerprint density at radius 1 is 1.18 bits per heavy atom. The molecule has 0 aliphatic rings. The Morgan fingerprint density at radius 3 is 2.73 bits per heavy atom. The van der Waals surface area contributed by atoms with Crippen molar-refractivity contribution in [2.45, 2.75) is 19.5 Å². The van der Waals surface area contributed by atoms with Crippen LogP contribution in [0.1, 0.15) is 24.4 Å². The van der Waals surface area contributed by atoms with Crippen LogP contribution in [0.25, 0.3) is 11.3 Å². The molecule has 22 heavy (non-hydrogen) atoms. The molecule has 1 atom stereocenters. The van der Waals surface area contributed by atoms with Gasteiger partial charge < -0.3 is 9.73 Å². The first-order valence-electron chi connectivity index (χ1n) is 7.07. The molecule has 0 aliphatic carbocycles. The minimum atomic E-state index is 0.193. The van der Waals surface area contributed by atoms with E-state index in [0.29, 0.717) is 23.2 Å². The van der Waals surface area contributed by atoms with E-state index in [1.54, 1.807) is 18.6 Å². The molecule has 5 heteroatoms. The maximum Gasteiger partial charge on any atom is 0.208 e. The predicted molar refractivity (Wildman–Crippen MR) is 86.4 cm³/mol. The van der Waals surface area contributed by atoms with Gasteiger partial charge >= 0.3 is 0 Å². The lowest BCUT2D eigenvalue weighted by atomic mass is 10.1. The molecule has 0 radical (unpaired) electrons. The number of hydrogen-bond acceptors (Lipinski definition) is 4. The maximum atomic E-state index is 6.17. The fourth-order valence-electron chi connectivity index (χ4n) is 2.19. The number of benzene rings is 1. The third-order valence-corrected chi connectivity index (χ3v) is 3.79. The van der Waals surface area contributed by atoms with Crippen LogP contribution in [0.2, 0.25) is 5.02 Å². The summed E-state index contributed by atoms with van der Waals surface area (Å²) in [5, 5.41) is 4.03. The van der Waals surface area contributed by atoms with Gasteiger partial charge in [0.2, 0.25) is 5.89 Å². The SMILES string of the molecule is C[C@H](NCc1ncc(-c2ccccc2Cl)o1)c1ccncc1. The fourth-order valence-corrected chi connectivity index (χ4v) is 2.42. The molecule has 0 amide bonds. The fraction of sp³-hybridized carbons (Fsp3) is 0.176. The molecule has 3 aromatic rings. The van der Waals surface area contributed by atoms with Crippen molar-refractivity contribution < 1.29 is 4.42 Å². The largest absolute Gasteiger partial charge is 0.439 e. The number of nitrogens with zero attached hydrogens (tertiary/aromatic N) is 2. The number of rotatable bonds is 5. The van der Waals surface area contributed by atoms with E-state index in [9.17, 15) is 0 Å². The van der Waals surface area contributed by atoms with Gasteiger partial charge in [-0.3, -0.25) is 4.98 Å². The summed E-state index contributed by atoms with van der Waals surface area (Å²) in [4.78, 5) is 8.32. The van der Waals surface area contributed by atoms with E-state index in [0.717, 1.165) is 5.56 Å². The number of pyridine rings is 1. The minimum Gasteiger partial charge on any atom is -0.439 e. The van der Waals surface area contributed by atoms with Gasteiger partial charge in [-0.15, -0.1) is 0 Å². The van der Waals surface area contributed by atoms with E-state index in [1.807, 2.05) is 36.4 Å². The van der Waals surface area contributed by atoms with Crippen LogP contribution >= 0.6 is 11.6 Å². The summed E-state index contributed by atoms with van der Waals surface area (Å²) < 4.78 is 5.77. The molecular weight excluding hydrogens is 298 g/mol. The highest BCUT2D eigenvalue weighted by molar-refractivity contribution is 6.33. The molecule has 0 aliphatic heterocycles. The minimum absolute atomic E-state index is 0.193. The highest BCUT2D eigenvalue weighted by atomic mass is 35.5. The van der Waals surface area contributed by atoms with Crippen LogP contribution < -0.4 is 5.32 Å². The summed E-state index contributed by atoms with van der Waals surface area (Å²) in [6, 6.07) is 11.7.